The van der Waals surface area contributed by atoms with Crippen LogP contribution in [-0.4, -0.2) is 28.1 Å². The van der Waals surface area contributed by atoms with Crippen molar-refractivity contribution in [1.82, 2.24) is 0 Å². The number of aliphatic hydroxyl groups is 1. The molecule has 0 saturated heterocycles. The number of carbonyl (C=O) groups is 3. The van der Waals surface area contributed by atoms with Crippen molar-refractivity contribution in [1.29, 1.82) is 0 Å². The van der Waals surface area contributed by atoms with E-state index in [0.717, 1.165) is 5.57 Å². The van der Waals surface area contributed by atoms with Gasteiger partial charge in [0.1, 0.15) is 5.60 Å². The molecule has 4 nitrogen and oxygen atoms in total. The maximum absolute atomic E-state index is 12.5. The third kappa shape index (κ3) is 1.28. The lowest BCUT2D eigenvalue weighted by atomic mass is 9.44. The molecule has 4 rings (SSSR count). The zero-order valence-corrected chi connectivity index (χ0v) is 12.1. The highest BCUT2D eigenvalue weighted by molar-refractivity contribution is 6.45. The lowest BCUT2D eigenvalue weighted by Gasteiger charge is -2.58. The molecule has 0 aromatic heterocycles. The number of rotatable bonds is 0. The maximum Gasteiger partial charge on any atom is 0.224 e. The highest BCUT2D eigenvalue weighted by Crippen LogP contribution is 2.59. The van der Waals surface area contributed by atoms with E-state index in [1.54, 1.807) is 13.0 Å². The molecule has 0 radical (unpaired) electrons. The summed E-state index contributed by atoms with van der Waals surface area (Å²) in [5, 5.41) is 10.6. The molecule has 106 valence electrons. The summed E-state index contributed by atoms with van der Waals surface area (Å²) in [5.41, 5.74) is -1.03. The van der Waals surface area contributed by atoms with Gasteiger partial charge in [0.15, 0.2) is 5.78 Å². The topological polar surface area (TPSA) is 71.4 Å². The molecule has 1 saturated carbocycles. The van der Waals surface area contributed by atoms with E-state index in [0.29, 0.717) is 5.57 Å². The number of allylic oxidation sites excluding steroid dienone is 3. The van der Waals surface area contributed by atoms with Gasteiger partial charge in [0.25, 0.3) is 0 Å². The van der Waals surface area contributed by atoms with Crippen LogP contribution in [0.15, 0.2) is 23.3 Å². The van der Waals surface area contributed by atoms with Crippen LogP contribution in [0.2, 0.25) is 0 Å². The Hall–Kier alpha value is -1.55. The number of ketones is 3. The minimum absolute atomic E-state index is 0.252. The minimum Gasteiger partial charge on any atom is -0.382 e. The zero-order chi connectivity index (χ0) is 15.0. The number of hydrogen-bond acceptors (Lipinski definition) is 4. The highest BCUT2D eigenvalue weighted by atomic mass is 16.3. The molecule has 4 aliphatic rings. The van der Waals surface area contributed by atoms with Crippen LogP contribution in [0, 0.1) is 23.2 Å². The van der Waals surface area contributed by atoms with Crippen LogP contribution in [0.1, 0.15) is 27.7 Å². The Morgan fingerprint density at radius 1 is 1.10 bits per heavy atom. The second-order valence-electron chi connectivity index (χ2n) is 6.74. The summed E-state index contributed by atoms with van der Waals surface area (Å²) < 4.78 is 0. The average Bonchev–Trinajstić information content (AvgIpc) is 2.34. The molecule has 1 fully saturated rings. The Morgan fingerprint density at radius 2 is 1.70 bits per heavy atom. The van der Waals surface area contributed by atoms with Crippen LogP contribution in [0.4, 0.5) is 0 Å². The lowest BCUT2D eigenvalue weighted by molar-refractivity contribution is -0.170. The summed E-state index contributed by atoms with van der Waals surface area (Å²) in [5.74, 6) is -3.00. The fourth-order valence-corrected chi connectivity index (χ4v) is 4.44. The van der Waals surface area contributed by atoms with Gasteiger partial charge in [0, 0.05) is 23.2 Å². The number of Topliss-reactive ketones (excluding diaryl/α,β-unsaturated/α-hetero) is 3. The van der Waals surface area contributed by atoms with Crippen molar-refractivity contribution in [3.63, 3.8) is 0 Å². The van der Waals surface area contributed by atoms with Crippen molar-refractivity contribution in [3.8, 4) is 0 Å². The van der Waals surface area contributed by atoms with Crippen molar-refractivity contribution < 1.29 is 19.5 Å². The molecule has 0 spiro atoms. The van der Waals surface area contributed by atoms with Gasteiger partial charge in [0.05, 0.1) is 0 Å². The summed E-state index contributed by atoms with van der Waals surface area (Å²) in [6.07, 6.45) is 3.61. The molecule has 1 N–H and O–H groups in total. The Kier molecular flexibility index (Phi) is 2.39. The van der Waals surface area contributed by atoms with Crippen LogP contribution in [-0.2, 0) is 14.4 Å². The Morgan fingerprint density at radius 3 is 2.30 bits per heavy atom. The standard InChI is InChI=1S/C16H18O4/c1-7-5-9-14(19)16(4,20)10(7)11-13(18)12(17)8(2)6-15(9,11)3/h5-6,9-11,20H,1-4H3/t9-,10-,11-,15+,16-/m0/s1. The molecule has 4 heteroatoms. The highest BCUT2D eigenvalue weighted by Gasteiger charge is 2.66. The first kappa shape index (κ1) is 13.4. The summed E-state index contributed by atoms with van der Waals surface area (Å²) in [4.78, 5) is 36.9. The van der Waals surface area contributed by atoms with Gasteiger partial charge in [-0.2, -0.15) is 0 Å². The fraction of sp³-hybridized carbons (Fsp3) is 0.562. The van der Waals surface area contributed by atoms with Crippen LogP contribution in [0.5, 0.6) is 0 Å². The summed E-state index contributed by atoms with van der Waals surface area (Å²) in [7, 11) is 0. The van der Waals surface area contributed by atoms with Gasteiger partial charge in [0.2, 0.25) is 11.6 Å². The third-order valence-electron chi connectivity index (χ3n) is 5.37. The molecule has 0 aromatic carbocycles. The smallest absolute Gasteiger partial charge is 0.224 e. The van der Waals surface area contributed by atoms with Crippen LogP contribution in [0.25, 0.3) is 0 Å². The number of hydrogen-bond donors (Lipinski definition) is 1. The van der Waals surface area contributed by atoms with Gasteiger partial charge in [-0.25, -0.2) is 0 Å². The van der Waals surface area contributed by atoms with E-state index < -0.39 is 40.3 Å². The van der Waals surface area contributed by atoms with Gasteiger partial charge in [-0.3, -0.25) is 14.4 Å². The summed E-state index contributed by atoms with van der Waals surface area (Å²) in [6.45, 7) is 6.75. The molecule has 2 bridgehead atoms. The minimum atomic E-state index is -1.57. The second kappa shape index (κ2) is 3.55. The summed E-state index contributed by atoms with van der Waals surface area (Å²) >= 11 is 0. The normalized spacial score (nSPS) is 47.0. The van der Waals surface area contributed by atoms with Crippen molar-refractivity contribution in [2.45, 2.75) is 33.3 Å². The predicted molar refractivity (Wildman–Crippen MR) is 71.7 cm³/mol. The van der Waals surface area contributed by atoms with Crippen LogP contribution in [0.3, 0.4) is 0 Å². The van der Waals surface area contributed by atoms with E-state index in [9.17, 15) is 19.5 Å². The third-order valence-corrected chi connectivity index (χ3v) is 5.37. The first-order chi connectivity index (χ1) is 9.12. The van der Waals surface area contributed by atoms with Gasteiger partial charge in [-0.05, 0) is 26.3 Å². The molecule has 0 unspecified atom stereocenters. The van der Waals surface area contributed by atoms with E-state index in [1.807, 2.05) is 19.9 Å². The molecule has 20 heavy (non-hydrogen) atoms. The summed E-state index contributed by atoms with van der Waals surface area (Å²) in [6, 6.07) is 0. The molecule has 4 aliphatic carbocycles. The Balaban J connectivity index is 2.30. The maximum atomic E-state index is 12.5. The van der Waals surface area contributed by atoms with Crippen molar-refractivity contribution in [2.75, 3.05) is 0 Å². The van der Waals surface area contributed by atoms with Crippen molar-refractivity contribution >= 4 is 17.3 Å². The van der Waals surface area contributed by atoms with Gasteiger partial charge < -0.3 is 5.11 Å². The second-order valence-corrected chi connectivity index (χ2v) is 6.74. The van der Waals surface area contributed by atoms with Gasteiger partial charge >= 0.3 is 0 Å². The van der Waals surface area contributed by atoms with E-state index in [4.69, 9.17) is 0 Å². The largest absolute Gasteiger partial charge is 0.382 e. The number of fused-ring (bicyclic) bond motifs is 1. The predicted octanol–water partition coefficient (Wildman–Crippen LogP) is 1.23. The quantitative estimate of drug-likeness (QED) is 0.533. The zero-order valence-electron chi connectivity index (χ0n) is 12.1. The molecule has 0 heterocycles. The van der Waals surface area contributed by atoms with E-state index in [1.165, 1.54) is 6.92 Å². The molecule has 0 aliphatic heterocycles. The first-order valence-electron chi connectivity index (χ1n) is 6.85. The number of carbonyl (C=O) groups excluding carboxylic acids is 3. The Bertz CT molecular complexity index is 622. The molecule has 0 amide bonds. The van der Waals surface area contributed by atoms with Gasteiger partial charge in [-0.15, -0.1) is 0 Å². The Labute approximate surface area is 117 Å². The van der Waals surface area contributed by atoms with Crippen LogP contribution < -0.4 is 0 Å². The molecule has 0 aromatic rings. The molecular formula is C16H18O4. The molecule has 5 atom stereocenters. The van der Waals surface area contributed by atoms with E-state index in [-0.39, 0.29) is 5.78 Å². The van der Waals surface area contributed by atoms with E-state index in [2.05, 4.69) is 0 Å². The average molecular weight is 274 g/mol. The first-order valence-corrected chi connectivity index (χ1v) is 6.85. The lowest BCUT2D eigenvalue weighted by Crippen LogP contribution is -2.67. The van der Waals surface area contributed by atoms with E-state index >= 15 is 0 Å². The fourth-order valence-electron chi connectivity index (χ4n) is 4.44. The molecular weight excluding hydrogens is 256 g/mol. The van der Waals surface area contributed by atoms with Crippen LogP contribution >= 0.6 is 0 Å². The van der Waals surface area contributed by atoms with Crippen molar-refractivity contribution in [3.05, 3.63) is 23.3 Å². The van der Waals surface area contributed by atoms with Gasteiger partial charge in [-0.1, -0.05) is 24.6 Å². The van der Waals surface area contributed by atoms with Crippen molar-refractivity contribution in [2.24, 2.45) is 23.2 Å². The SMILES string of the molecule is CC1=C[C@@]2(C)[C@H](C(=O)C1=O)[C@@H]1C(C)=C[C@H]2C(=O)[C@@]1(C)O. The monoisotopic (exact) mass is 274 g/mol.